The second-order valence-corrected chi connectivity index (χ2v) is 8.90. The molecule has 2 N–H and O–H groups in total. The first-order valence-electron chi connectivity index (χ1n) is 8.75. The molecule has 5 nitrogen and oxygen atoms in total. The third-order valence-electron chi connectivity index (χ3n) is 3.74. The van der Waals surface area contributed by atoms with Crippen molar-refractivity contribution in [1.29, 1.82) is 0 Å². The molecule has 0 bridgehead atoms. The fourth-order valence-corrected chi connectivity index (χ4v) is 4.51. The Kier molecular flexibility index (Phi) is 6.47. The van der Waals surface area contributed by atoms with Gasteiger partial charge in [-0.25, -0.2) is 0 Å². The largest absolute Gasteiger partial charge is 0.358 e. The van der Waals surface area contributed by atoms with Gasteiger partial charge in [0.25, 0.3) is 0 Å². The SMILES string of the molecule is CC(C)Nc1nnc(S[C@H](C)C(=O)Nc2ccccc2-c2ccccc2)s1. The van der Waals surface area contributed by atoms with Crippen molar-refractivity contribution in [2.45, 2.75) is 36.4 Å². The first-order chi connectivity index (χ1) is 13.0. The fourth-order valence-electron chi connectivity index (χ4n) is 2.46. The summed E-state index contributed by atoms with van der Waals surface area (Å²) in [5.41, 5.74) is 2.88. The first-order valence-corrected chi connectivity index (χ1v) is 10.4. The molecule has 7 heteroatoms. The summed E-state index contributed by atoms with van der Waals surface area (Å²) in [6.07, 6.45) is 0. The van der Waals surface area contributed by atoms with E-state index < -0.39 is 0 Å². The van der Waals surface area contributed by atoms with Crippen LogP contribution in [-0.2, 0) is 4.79 Å². The van der Waals surface area contributed by atoms with Gasteiger partial charge in [0.15, 0.2) is 4.34 Å². The van der Waals surface area contributed by atoms with Gasteiger partial charge in [-0.2, -0.15) is 0 Å². The van der Waals surface area contributed by atoms with E-state index in [-0.39, 0.29) is 11.2 Å². The summed E-state index contributed by atoms with van der Waals surface area (Å²) < 4.78 is 0.775. The molecule has 3 rings (SSSR count). The second-order valence-electron chi connectivity index (χ2n) is 6.33. The lowest BCUT2D eigenvalue weighted by Crippen LogP contribution is -2.22. The van der Waals surface area contributed by atoms with Crippen LogP contribution in [0.3, 0.4) is 0 Å². The summed E-state index contributed by atoms with van der Waals surface area (Å²) in [7, 11) is 0. The van der Waals surface area contributed by atoms with Gasteiger partial charge >= 0.3 is 0 Å². The Morgan fingerprint density at radius 2 is 1.70 bits per heavy atom. The maximum atomic E-state index is 12.7. The average molecular weight is 399 g/mol. The molecule has 1 heterocycles. The van der Waals surface area contributed by atoms with Gasteiger partial charge in [0.2, 0.25) is 11.0 Å². The third kappa shape index (κ3) is 5.30. The highest BCUT2D eigenvalue weighted by Crippen LogP contribution is 2.31. The topological polar surface area (TPSA) is 66.9 Å². The normalized spacial score (nSPS) is 12.0. The minimum Gasteiger partial charge on any atom is -0.358 e. The maximum absolute atomic E-state index is 12.7. The standard InChI is InChI=1S/C20H22N4OS2/c1-13(2)21-19-23-24-20(27-19)26-14(3)18(25)22-17-12-8-7-11-16(17)15-9-5-4-6-10-15/h4-14H,1-3H3,(H,21,23)(H,22,25)/t14-/m1/s1. The molecular formula is C20H22N4OS2. The molecule has 1 aromatic heterocycles. The third-order valence-corrected chi connectivity index (χ3v) is 5.77. The van der Waals surface area contributed by atoms with Crippen LogP contribution in [0.4, 0.5) is 10.8 Å². The highest BCUT2D eigenvalue weighted by molar-refractivity contribution is 8.02. The molecule has 27 heavy (non-hydrogen) atoms. The number of nitrogens with one attached hydrogen (secondary N) is 2. The van der Waals surface area contributed by atoms with Crippen LogP contribution in [-0.4, -0.2) is 27.4 Å². The van der Waals surface area contributed by atoms with E-state index in [1.54, 1.807) is 0 Å². The van der Waals surface area contributed by atoms with Gasteiger partial charge in [-0.15, -0.1) is 10.2 Å². The lowest BCUT2D eigenvalue weighted by Gasteiger charge is -2.14. The van der Waals surface area contributed by atoms with Crippen molar-refractivity contribution in [2.75, 3.05) is 10.6 Å². The number of thioether (sulfide) groups is 1. The summed E-state index contributed by atoms with van der Waals surface area (Å²) in [5.74, 6) is -0.0584. The maximum Gasteiger partial charge on any atom is 0.237 e. The predicted octanol–water partition coefficient (Wildman–Crippen LogP) is 5.14. The van der Waals surface area contributed by atoms with Crippen molar-refractivity contribution in [1.82, 2.24) is 10.2 Å². The van der Waals surface area contributed by atoms with Gasteiger partial charge in [0, 0.05) is 17.3 Å². The molecular weight excluding hydrogens is 376 g/mol. The Labute approximate surface area is 167 Å². The minimum absolute atomic E-state index is 0.0584. The van der Waals surface area contributed by atoms with Gasteiger partial charge in [-0.05, 0) is 32.4 Å². The molecule has 0 saturated carbocycles. The van der Waals surface area contributed by atoms with E-state index in [1.165, 1.54) is 23.1 Å². The molecule has 140 valence electrons. The van der Waals surface area contributed by atoms with E-state index in [2.05, 4.69) is 34.7 Å². The molecule has 0 aliphatic carbocycles. The molecule has 1 amide bonds. The average Bonchev–Trinajstić information content (AvgIpc) is 3.09. The Morgan fingerprint density at radius 3 is 2.44 bits per heavy atom. The number of aromatic nitrogens is 2. The molecule has 0 unspecified atom stereocenters. The molecule has 0 aliphatic rings. The minimum atomic E-state index is -0.284. The van der Waals surface area contributed by atoms with Crippen LogP contribution in [0.15, 0.2) is 58.9 Å². The number of hydrogen-bond donors (Lipinski definition) is 2. The van der Waals surface area contributed by atoms with Gasteiger partial charge < -0.3 is 10.6 Å². The molecule has 1 atom stereocenters. The van der Waals surface area contributed by atoms with Crippen LogP contribution in [0.1, 0.15) is 20.8 Å². The monoisotopic (exact) mass is 398 g/mol. The number of anilines is 2. The zero-order chi connectivity index (χ0) is 19.2. The molecule has 0 fully saturated rings. The van der Waals surface area contributed by atoms with E-state index in [0.29, 0.717) is 6.04 Å². The number of amides is 1. The second kappa shape index (κ2) is 9.01. The van der Waals surface area contributed by atoms with Crippen molar-refractivity contribution in [3.8, 4) is 11.1 Å². The number of rotatable bonds is 7. The molecule has 3 aromatic rings. The molecule has 0 aliphatic heterocycles. The smallest absolute Gasteiger partial charge is 0.237 e. The Hall–Kier alpha value is -2.38. The number of nitrogens with zero attached hydrogens (tertiary/aromatic N) is 2. The quantitative estimate of drug-likeness (QED) is 0.539. The van der Waals surface area contributed by atoms with E-state index in [4.69, 9.17) is 0 Å². The van der Waals surface area contributed by atoms with E-state index >= 15 is 0 Å². The molecule has 0 saturated heterocycles. The van der Waals surface area contributed by atoms with Crippen LogP contribution >= 0.6 is 23.1 Å². The van der Waals surface area contributed by atoms with E-state index in [9.17, 15) is 4.79 Å². The van der Waals surface area contributed by atoms with Gasteiger partial charge in [-0.3, -0.25) is 4.79 Å². The van der Waals surface area contributed by atoms with E-state index in [0.717, 1.165) is 26.3 Å². The van der Waals surface area contributed by atoms with Crippen molar-refractivity contribution in [3.05, 3.63) is 54.6 Å². The number of hydrogen-bond acceptors (Lipinski definition) is 6. The Balaban J connectivity index is 1.68. The fraction of sp³-hybridized carbons (Fsp3) is 0.250. The molecule has 2 aromatic carbocycles. The lowest BCUT2D eigenvalue weighted by molar-refractivity contribution is -0.115. The van der Waals surface area contributed by atoms with Crippen LogP contribution in [0, 0.1) is 0 Å². The summed E-state index contributed by atoms with van der Waals surface area (Å²) in [5, 5.41) is 15.0. The van der Waals surface area contributed by atoms with Crippen LogP contribution in [0.2, 0.25) is 0 Å². The first kappa shape index (κ1) is 19.4. The number of benzene rings is 2. The van der Waals surface area contributed by atoms with Crippen molar-refractivity contribution < 1.29 is 4.79 Å². The molecule has 0 spiro atoms. The van der Waals surface area contributed by atoms with Crippen molar-refractivity contribution >= 4 is 39.8 Å². The highest BCUT2D eigenvalue weighted by Gasteiger charge is 2.18. The van der Waals surface area contributed by atoms with Crippen LogP contribution in [0.25, 0.3) is 11.1 Å². The predicted molar refractivity (Wildman–Crippen MR) is 114 cm³/mol. The van der Waals surface area contributed by atoms with Crippen LogP contribution in [0.5, 0.6) is 0 Å². The molecule has 0 radical (unpaired) electrons. The summed E-state index contributed by atoms with van der Waals surface area (Å²) in [4.78, 5) is 12.7. The number of para-hydroxylation sites is 1. The Bertz CT molecular complexity index is 896. The van der Waals surface area contributed by atoms with Crippen molar-refractivity contribution in [3.63, 3.8) is 0 Å². The number of carbonyl (C=O) groups excluding carboxylic acids is 1. The number of carbonyl (C=O) groups is 1. The van der Waals surface area contributed by atoms with Gasteiger partial charge in [0.05, 0.1) is 5.25 Å². The zero-order valence-corrected chi connectivity index (χ0v) is 17.1. The summed E-state index contributed by atoms with van der Waals surface area (Å²) >= 11 is 2.88. The zero-order valence-electron chi connectivity index (χ0n) is 15.5. The summed E-state index contributed by atoms with van der Waals surface area (Å²) in [6.45, 7) is 5.98. The van der Waals surface area contributed by atoms with Gasteiger partial charge in [-0.1, -0.05) is 71.6 Å². The summed E-state index contributed by atoms with van der Waals surface area (Å²) in [6, 6.07) is 18.2. The Morgan fingerprint density at radius 1 is 1.00 bits per heavy atom. The van der Waals surface area contributed by atoms with E-state index in [1.807, 2.05) is 61.5 Å². The van der Waals surface area contributed by atoms with Crippen LogP contribution < -0.4 is 10.6 Å². The highest BCUT2D eigenvalue weighted by atomic mass is 32.2. The van der Waals surface area contributed by atoms with Gasteiger partial charge in [0.1, 0.15) is 0 Å². The lowest BCUT2D eigenvalue weighted by atomic mass is 10.0. The van der Waals surface area contributed by atoms with Crippen molar-refractivity contribution in [2.24, 2.45) is 0 Å².